The first-order valence-corrected chi connectivity index (χ1v) is 6.74. The summed E-state index contributed by atoms with van der Waals surface area (Å²) in [5, 5.41) is 10.0. The van der Waals surface area contributed by atoms with Gasteiger partial charge in [0.05, 0.1) is 24.3 Å². The van der Waals surface area contributed by atoms with Gasteiger partial charge >= 0.3 is 0 Å². The third kappa shape index (κ3) is 2.59. The lowest BCUT2D eigenvalue weighted by Crippen LogP contribution is -1.96. The first kappa shape index (κ1) is 13.9. The van der Waals surface area contributed by atoms with Gasteiger partial charge in [0, 0.05) is 0 Å². The zero-order chi connectivity index (χ0) is 15.5. The number of ether oxygens (including phenoxy) is 1. The lowest BCUT2D eigenvalue weighted by molar-refractivity contribution is 0.104. The number of furan rings is 1. The largest absolute Gasteiger partial charge is 0.508 e. The number of fused-ring (bicyclic) bond motifs is 1. The van der Waals surface area contributed by atoms with Crippen LogP contribution in [0.15, 0.2) is 59.2 Å². The normalized spacial score (nSPS) is 11.1. The summed E-state index contributed by atoms with van der Waals surface area (Å²) in [5.74, 6) is 0.703. The molecule has 0 aliphatic rings. The third-order valence-electron chi connectivity index (χ3n) is 3.38. The van der Waals surface area contributed by atoms with Gasteiger partial charge in [0.15, 0.2) is 5.78 Å². The number of hydrogen-bond acceptors (Lipinski definition) is 4. The van der Waals surface area contributed by atoms with Crippen LogP contribution in [0, 0.1) is 0 Å². The number of methoxy groups -OCH3 is 1. The highest BCUT2D eigenvalue weighted by Gasteiger charge is 2.13. The molecule has 0 saturated carbocycles. The molecule has 0 aliphatic heterocycles. The minimum atomic E-state index is -0.157. The van der Waals surface area contributed by atoms with E-state index in [0.29, 0.717) is 16.9 Å². The van der Waals surface area contributed by atoms with Crippen molar-refractivity contribution >= 4 is 22.8 Å². The smallest absolute Gasteiger partial charge is 0.189 e. The van der Waals surface area contributed by atoms with E-state index in [1.807, 2.05) is 0 Å². The zero-order valence-corrected chi connectivity index (χ0v) is 11.9. The molecule has 4 heteroatoms. The molecular weight excluding hydrogens is 280 g/mol. The molecule has 1 N–H and O–H groups in total. The molecule has 0 saturated heterocycles. The molecule has 22 heavy (non-hydrogen) atoms. The van der Waals surface area contributed by atoms with Crippen molar-refractivity contribution in [3.05, 3.63) is 65.9 Å². The number of hydrogen-bond donors (Lipinski definition) is 1. The van der Waals surface area contributed by atoms with Gasteiger partial charge in [-0.15, -0.1) is 0 Å². The Hall–Kier alpha value is -3.01. The number of aromatic hydroxyl groups is 1. The molecule has 3 aromatic rings. The fourth-order valence-electron chi connectivity index (χ4n) is 2.26. The SMILES string of the molecule is COc1ccc(C(=O)/C=C/c2ccc(O)cc2)c2occc12. The lowest BCUT2D eigenvalue weighted by Gasteiger charge is -2.03. The summed E-state index contributed by atoms with van der Waals surface area (Å²) in [5.41, 5.74) is 1.82. The molecule has 0 fully saturated rings. The summed E-state index contributed by atoms with van der Waals surface area (Å²) >= 11 is 0. The Morgan fingerprint density at radius 1 is 1.14 bits per heavy atom. The average molecular weight is 294 g/mol. The van der Waals surface area contributed by atoms with Crippen molar-refractivity contribution in [2.75, 3.05) is 7.11 Å². The van der Waals surface area contributed by atoms with Crippen LogP contribution in [0.25, 0.3) is 17.0 Å². The van der Waals surface area contributed by atoms with E-state index in [9.17, 15) is 9.90 Å². The number of ketones is 1. The molecule has 1 heterocycles. The summed E-state index contributed by atoms with van der Waals surface area (Å²) in [6.45, 7) is 0. The highest BCUT2D eigenvalue weighted by Crippen LogP contribution is 2.29. The Bertz CT molecular complexity index is 841. The minimum absolute atomic E-state index is 0.157. The Balaban J connectivity index is 1.92. The van der Waals surface area contributed by atoms with Gasteiger partial charge in [-0.2, -0.15) is 0 Å². The third-order valence-corrected chi connectivity index (χ3v) is 3.38. The summed E-state index contributed by atoms with van der Waals surface area (Å²) in [6.07, 6.45) is 4.71. The summed E-state index contributed by atoms with van der Waals surface area (Å²) in [4.78, 5) is 12.4. The van der Waals surface area contributed by atoms with E-state index in [-0.39, 0.29) is 11.5 Å². The summed E-state index contributed by atoms with van der Waals surface area (Å²) in [7, 11) is 1.58. The maximum atomic E-state index is 12.4. The Morgan fingerprint density at radius 3 is 2.64 bits per heavy atom. The van der Waals surface area contributed by atoms with E-state index in [1.165, 1.54) is 12.3 Å². The van der Waals surface area contributed by atoms with E-state index in [0.717, 1.165) is 10.9 Å². The first-order chi connectivity index (χ1) is 10.7. The van der Waals surface area contributed by atoms with Crippen LogP contribution in [0.3, 0.4) is 0 Å². The number of carbonyl (C=O) groups excluding carboxylic acids is 1. The molecule has 0 aliphatic carbocycles. The van der Waals surface area contributed by atoms with Crippen molar-refractivity contribution in [3.8, 4) is 11.5 Å². The standard InChI is InChI=1S/C18H14O4/c1-21-17-9-7-14(18-15(17)10-11-22-18)16(20)8-4-12-2-5-13(19)6-3-12/h2-11,19H,1H3/b8-4+. The van der Waals surface area contributed by atoms with Crippen molar-refractivity contribution in [1.82, 2.24) is 0 Å². The summed E-state index contributed by atoms with van der Waals surface area (Å²) < 4.78 is 10.7. The van der Waals surface area contributed by atoms with Crippen molar-refractivity contribution in [2.45, 2.75) is 0 Å². The second-order valence-corrected chi connectivity index (χ2v) is 4.77. The van der Waals surface area contributed by atoms with Gasteiger partial charge in [-0.05, 0) is 42.0 Å². The molecule has 1 aromatic heterocycles. The van der Waals surface area contributed by atoms with Gasteiger partial charge in [-0.1, -0.05) is 18.2 Å². The van der Waals surface area contributed by atoms with Gasteiger partial charge in [0.2, 0.25) is 0 Å². The fourth-order valence-corrected chi connectivity index (χ4v) is 2.26. The first-order valence-electron chi connectivity index (χ1n) is 6.74. The van der Waals surface area contributed by atoms with Crippen LogP contribution >= 0.6 is 0 Å². The summed E-state index contributed by atoms with van der Waals surface area (Å²) in [6, 6.07) is 11.8. The number of carbonyl (C=O) groups is 1. The topological polar surface area (TPSA) is 59.7 Å². The second-order valence-electron chi connectivity index (χ2n) is 4.77. The highest BCUT2D eigenvalue weighted by atomic mass is 16.5. The van der Waals surface area contributed by atoms with Gasteiger partial charge in [0.1, 0.15) is 17.1 Å². The van der Waals surface area contributed by atoms with Gasteiger partial charge in [-0.25, -0.2) is 0 Å². The fraction of sp³-hybridized carbons (Fsp3) is 0.0556. The molecule has 0 radical (unpaired) electrons. The van der Waals surface area contributed by atoms with Crippen molar-refractivity contribution < 1.29 is 19.1 Å². The molecule has 0 spiro atoms. The lowest BCUT2D eigenvalue weighted by atomic mass is 10.1. The molecule has 0 amide bonds. The Morgan fingerprint density at radius 2 is 1.91 bits per heavy atom. The Kier molecular flexibility index (Phi) is 3.66. The van der Waals surface area contributed by atoms with E-state index < -0.39 is 0 Å². The van der Waals surface area contributed by atoms with E-state index in [2.05, 4.69) is 0 Å². The van der Waals surface area contributed by atoms with Gasteiger partial charge < -0.3 is 14.3 Å². The van der Waals surface area contributed by atoms with Crippen molar-refractivity contribution in [1.29, 1.82) is 0 Å². The monoisotopic (exact) mass is 294 g/mol. The predicted molar refractivity (Wildman–Crippen MR) is 84.2 cm³/mol. The predicted octanol–water partition coefficient (Wildman–Crippen LogP) is 4.04. The molecule has 0 atom stereocenters. The van der Waals surface area contributed by atoms with Crippen LogP contribution in [0.4, 0.5) is 0 Å². The van der Waals surface area contributed by atoms with Gasteiger partial charge in [0.25, 0.3) is 0 Å². The average Bonchev–Trinajstić information content (AvgIpc) is 3.02. The van der Waals surface area contributed by atoms with E-state index >= 15 is 0 Å². The minimum Gasteiger partial charge on any atom is -0.508 e. The number of phenolic OH excluding ortho intramolecular Hbond substituents is 1. The van der Waals surface area contributed by atoms with Crippen LogP contribution < -0.4 is 4.74 Å². The van der Waals surface area contributed by atoms with Gasteiger partial charge in [-0.3, -0.25) is 4.79 Å². The molecule has 0 unspecified atom stereocenters. The van der Waals surface area contributed by atoms with Crippen LogP contribution in [-0.2, 0) is 0 Å². The van der Waals surface area contributed by atoms with Crippen LogP contribution in [0.1, 0.15) is 15.9 Å². The van der Waals surface area contributed by atoms with E-state index in [1.54, 1.807) is 55.7 Å². The number of rotatable bonds is 4. The maximum Gasteiger partial charge on any atom is 0.189 e. The van der Waals surface area contributed by atoms with Crippen LogP contribution in [0.2, 0.25) is 0 Å². The Labute approximate surface area is 127 Å². The van der Waals surface area contributed by atoms with Crippen molar-refractivity contribution in [2.24, 2.45) is 0 Å². The van der Waals surface area contributed by atoms with Crippen LogP contribution in [-0.4, -0.2) is 18.0 Å². The van der Waals surface area contributed by atoms with Crippen LogP contribution in [0.5, 0.6) is 11.5 Å². The number of benzene rings is 2. The number of phenols is 1. The molecule has 110 valence electrons. The second kappa shape index (κ2) is 5.77. The maximum absolute atomic E-state index is 12.4. The molecular formula is C18H14O4. The molecule has 0 bridgehead atoms. The number of allylic oxidation sites excluding steroid dienone is 1. The quantitative estimate of drug-likeness (QED) is 0.582. The zero-order valence-electron chi connectivity index (χ0n) is 11.9. The van der Waals surface area contributed by atoms with Crippen molar-refractivity contribution in [3.63, 3.8) is 0 Å². The van der Waals surface area contributed by atoms with E-state index in [4.69, 9.17) is 9.15 Å². The highest BCUT2D eigenvalue weighted by molar-refractivity contribution is 6.14. The molecule has 4 nitrogen and oxygen atoms in total. The molecule has 3 rings (SSSR count). The molecule has 2 aromatic carbocycles.